The fraction of sp³-hybridized carbons (Fsp3) is 0.423. The van der Waals surface area contributed by atoms with E-state index in [1.54, 1.807) is 0 Å². The summed E-state index contributed by atoms with van der Waals surface area (Å²) in [7, 11) is 0. The molecule has 166 valence electrons. The van der Waals surface area contributed by atoms with Gasteiger partial charge in [0.15, 0.2) is 5.69 Å². The smallest absolute Gasteiger partial charge is 0.275 e. The highest BCUT2D eigenvalue weighted by Gasteiger charge is 2.46. The van der Waals surface area contributed by atoms with Crippen molar-refractivity contribution in [2.75, 3.05) is 13.1 Å². The monoisotopic (exact) mass is 430 g/mol. The van der Waals surface area contributed by atoms with Gasteiger partial charge in [0.1, 0.15) is 0 Å². The Kier molecular flexibility index (Phi) is 5.45. The van der Waals surface area contributed by atoms with Gasteiger partial charge in [-0.25, -0.2) is 0 Å². The molecule has 0 bridgehead atoms. The van der Waals surface area contributed by atoms with Gasteiger partial charge in [0.2, 0.25) is 5.91 Å². The molecule has 6 nitrogen and oxygen atoms in total. The summed E-state index contributed by atoms with van der Waals surface area (Å²) < 4.78 is 1.89. The summed E-state index contributed by atoms with van der Waals surface area (Å²) in [6, 6.07) is 16.5. The molecule has 32 heavy (non-hydrogen) atoms. The number of hydrogen-bond acceptors (Lipinski definition) is 3. The Morgan fingerprint density at radius 2 is 1.66 bits per heavy atom. The molecule has 1 aromatic heterocycles. The highest BCUT2D eigenvalue weighted by molar-refractivity contribution is 6.05. The minimum absolute atomic E-state index is 0.00476. The number of fused-ring (bicyclic) bond motifs is 2. The van der Waals surface area contributed by atoms with Crippen LogP contribution in [0.3, 0.4) is 0 Å². The van der Waals surface area contributed by atoms with Crippen LogP contribution in [0.25, 0.3) is 10.9 Å². The predicted molar refractivity (Wildman–Crippen MR) is 124 cm³/mol. The van der Waals surface area contributed by atoms with E-state index in [1.165, 1.54) is 11.1 Å². The van der Waals surface area contributed by atoms with E-state index in [0.717, 1.165) is 43.3 Å². The van der Waals surface area contributed by atoms with Crippen LogP contribution >= 0.6 is 0 Å². The molecule has 2 saturated heterocycles. The molecule has 2 atom stereocenters. The molecule has 3 aromatic rings. The van der Waals surface area contributed by atoms with Crippen molar-refractivity contribution < 1.29 is 9.59 Å². The molecule has 0 aliphatic carbocycles. The van der Waals surface area contributed by atoms with Gasteiger partial charge >= 0.3 is 0 Å². The number of para-hydroxylation sites is 1. The fourth-order valence-electron chi connectivity index (χ4n) is 5.36. The second-order valence-corrected chi connectivity index (χ2v) is 8.96. The molecular weight excluding hydrogens is 400 g/mol. The average molecular weight is 431 g/mol. The summed E-state index contributed by atoms with van der Waals surface area (Å²) in [5, 5.41) is 5.54. The molecule has 0 unspecified atom stereocenters. The van der Waals surface area contributed by atoms with Crippen molar-refractivity contribution in [2.45, 2.75) is 58.2 Å². The van der Waals surface area contributed by atoms with E-state index in [2.05, 4.69) is 36.3 Å². The van der Waals surface area contributed by atoms with Gasteiger partial charge < -0.3 is 9.80 Å². The average Bonchev–Trinajstić information content (AvgIpc) is 3.51. The van der Waals surface area contributed by atoms with Crippen LogP contribution in [-0.2, 0) is 17.8 Å². The predicted octanol–water partition coefficient (Wildman–Crippen LogP) is 3.81. The largest absolute Gasteiger partial charge is 0.337 e. The minimum atomic E-state index is -0.00476. The van der Waals surface area contributed by atoms with Gasteiger partial charge in [0.25, 0.3) is 5.91 Å². The van der Waals surface area contributed by atoms with Crippen LogP contribution in [0.4, 0.5) is 0 Å². The number of carbonyl (C=O) groups is 2. The molecule has 2 aromatic carbocycles. The first kappa shape index (κ1) is 20.7. The summed E-state index contributed by atoms with van der Waals surface area (Å²) in [5.41, 5.74) is 3.96. The van der Waals surface area contributed by atoms with Crippen LogP contribution in [0.15, 0.2) is 48.5 Å². The Bertz CT molecular complexity index is 1150. The van der Waals surface area contributed by atoms with Crippen molar-refractivity contribution in [3.05, 3.63) is 65.4 Å². The first-order chi connectivity index (χ1) is 15.6. The van der Waals surface area contributed by atoms with E-state index in [0.29, 0.717) is 18.7 Å². The number of hydrogen-bond donors (Lipinski definition) is 0. The van der Waals surface area contributed by atoms with Crippen LogP contribution in [-0.4, -0.2) is 56.6 Å². The summed E-state index contributed by atoms with van der Waals surface area (Å²) in [6.45, 7) is 6.25. The third-order valence-electron chi connectivity index (χ3n) is 7.07. The number of likely N-dealkylation sites (tertiary alicyclic amines) is 2. The van der Waals surface area contributed by atoms with E-state index in [1.807, 2.05) is 45.7 Å². The molecule has 3 heterocycles. The normalized spacial score (nSPS) is 20.2. The molecule has 2 amide bonds. The molecule has 0 N–H and O–H groups in total. The van der Waals surface area contributed by atoms with Crippen molar-refractivity contribution in [2.24, 2.45) is 0 Å². The molecular formula is C26H30N4O2. The highest BCUT2D eigenvalue weighted by Crippen LogP contribution is 2.34. The molecule has 2 fully saturated rings. The summed E-state index contributed by atoms with van der Waals surface area (Å²) in [4.78, 5) is 30.5. The number of nitrogens with zero attached hydrogens (tertiary/aromatic N) is 4. The Hall–Kier alpha value is -3.15. The first-order valence-corrected chi connectivity index (χ1v) is 11.7. The van der Waals surface area contributed by atoms with Crippen molar-refractivity contribution in [3.63, 3.8) is 0 Å². The van der Waals surface area contributed by atoms with Crippen LogP contribution < -0.4 is 0 Å². The van der Waals surface area contributed by atoms with E-state index in [9.17, 15) is 9.59 Å². The number of rotatable bonds is 5. The van der Waals surface area contributed by atoms with Crippen LogP contribution in [0, 0.1) is 6.92 Å². The van der Waals surface area contributed by atoms with Gasteiger partial charge in [0.05, 0.1) is 17.6 Å². The second-order valence-electron chi connectivity index (χ2n) is 8.96. The summed E-state index contributed by atoms with van der Waals surface area (Å²) in [5.74, 6) is 0.197. The summed E-state index contributed by atoms with van der Waals surface area (Å²) in [6.07, 6.45) is 2.97. The topological polar surface area (TPSA) is 58.4 Å². The standard InChI is InChI=1S/C26H30N4O2/c1-3-30-21-7-5-4-6-20(21)25(27-30)26(32)29-17-15-22-23(29)14-16-28(22)24(31)13-12-19-10-8-18(2)9-11-19/h4-11,22-23H,3,12-17H2,1-2H3/t22-,23-/m0/s1. The quantitative estimate of drug-likeness (QED) is 0.618. The van der Waals surface area contributed by atoms with Gasteiger partial charge in [-0.1, -0.05) is 48.0 Å². The lowest BCUT2D eigenvalue weighted by Crippen LogP contribution is -2.41. The molecule has 0 spiro atoms. The number of benzene rings is 2. The lowest BCUT2D eigenvalue weighted by atomic mass is 10.1. The Balaban J connectivity index is 1.28. The van der Waals surface area contributed by atoms with Crippen LogP contribution in [0.2, 0.25) is 0 Å². The highest BCUT2D eigenvalue weighted by atomic mass is 16.2. The van der Waals surface area contributed by atoms with Gasteiger partial charge in [-0.3, -0.25) is 14.3 Å². The lowest BCUT2D eigenvalue weighted by Gasteiger charge is -2.25. The van der Waals surface area contributed by atoms with E-state index >= 15 is 0 Å². The molecule has 5 rings (SSSR count). The van der Waals surface area contributed by atoms with Crippen molar-refractivity contribution in [1.82, 2.24) is 19.6 Å². The Labute approximate surface area is 188 Å². The summed E-state index contributed by atoms with van der Waals surface area (Å²) >= 11 is 0. The second kappa shape index (κ2) is 8.41. The molecule has 2 aliphatic heterocycles. The van der Waals surface area contributed by atoms with Crippen LogP contribution in [0.5, 0.6) is 0 Å². The molecule has 6 heteroatoms. The lowest BCUT2D eigenvalue weighted by molar-refractivity contribution is -0.132. The Morgan fingerprint density at radius 3 is 2.41 bits per heavy atom. The Morgan fingerprint density at radius 1 is 0.969 bits per heavy atom. The van der Waals surface area contributed by atoms with Crippen molar-refractivity contribution >= 4 is 22.7 Å². The number of aromatic nitrogens is 2. The van der Waals surface area contributed by atoms with Crippen molar-refractivity contribution in [1.29, 1.82) is 0 Å². The van der Waals surface area contributed by atoms with Gasteiger partial charge in [0, 0.05) is 31.4 Å². The molecule has 0 saturated carbocycles. The maximum atomic E-state index is 13.5. The number of aryl methyl sites for hydroxylation is 3. The van der Waals surface area contributed by atoms with E-state index in [-0.39, 0.29) is 23.9 Å². The van der Waals surface area contributed by atoms with Crippen LogP contribution in [0.1, 0.15) is 47.8 Å². The fourth-order valence-corrected chi connectivity index (χ4v) is 5.36. The van der Waals surface area contributed by atoms with Gasteiger partial charge in [-0.15, -0.1) is 0 Å². The van der Waals surface area contributed by atoms with Gasteiger partial charge in [-0.05, 0) is 44.7 Å². The SMILES string of the molecule is CCn1nc(C(=O)N2CC[C@H]3[C@@H]2CCN3C(=O)CCc2ccc(C)cc2)c2ccccc21. The third-order valence-corrected chi connectivity index (χ3v) is 7.07. The van der Waals surface area contributed by atoms with Crippen molar-refractivity contribution in [3.8, 4) is 0 Å². The van der Waals surface area contributed by atoms with E-state index in [4.69, 9.17) is 0 Å². The zero-order chi connectivity index (χ0) is 22.2. The first-order valence-electron chi connectivity index (χ1n) is 11.7. The van der Waals surface area contributed by atoms with E-state index < -0.39 is 0 Å². The number of amides is 2. The third kappa shape index (κ3) is 3.57. The van der Waals surface area contributed by atoms with Gasteiger partial charge in [-0.2, -0.15) is 5.10 Å². The number of carbonyl (C=O) groups excluding carboxylic acids is 2. The zero-order valence-electron chi connectivity index (χ0n) is 18.8. The molecule has 0 radical (unpaired) electrons. The maximum absolute atomic E-state index is 13.5. The minimum Gasteiger partial charge on any atom is -0.337 e. The zero-order valence-corrected chi connectivity index (χ0v) is 18.8. The maximum Gasteiger partial charge on any atom is 0.275 e. The molecule has 2 aliphatic rings.